The first-order chi connectivity index (χ1) is 9.89. The molecule has 1 saturated carbocycles. The average molecular weight is 311 g/mol. The first-order valence-corrected chi connectivity index (χ1v) is 8.52. The van der Waals surface area contributed by atoms with Gasteiger partial charge >= 0.3 is 0 Å². The van der Waals surface area contributed by atoms with Gasteiger partial charge < -0.3 is 10.3 Å². The third-order valence-corrected chi connectivity index (χ3v) is 4.25. The third kappa shape index (κ3) is 3.13. The number of aromatic nitrogens is 4. The highest BCUT2D eigenvalue weighted by atomic mass is 32.2. The molecular formula is C12H17N5O3S. The van der Waals surface area contributed by atoms with E-state index in [0.29, 0.717) is 29.9 Å². The number of hydrogen-bond acceptors (Lipinski definition) is 7. The molecule has 2 aromatic heterocycles. The molecule has 9 heteroatoms. The predicted molar refractivity (Wildman–Crippen MR) is 76.9 cm³/mol. The minimum Gasteiger partial charge on any atom is -0.382 e. The molecule has 2 N–H and O–H groups in total. The van der Waals surface area contributed by atoms with Crippen LogP contribution >= 0.6 is 0 Å². The van der Waals surface area contributed by atoms with Crippen LogP contribution in [0.4, 0.5) is 5.82 Å². The van der Waals surface area contributed by atoms with Gasteiger partial charge in [-0.15, -0.1) is 0 Å². The number of nitrogen functional groups attached to an aromatic ring is 1. The summed E-state index contributed by atoms with van der Waals surface area (Å²) in [6, 6.07) is 0. The lowest BCUT2D eigenvalue weighted by Gasteiger charge is -2.14. The minimum absolute atomic E-state index is 0.359. The molecule has 2 heterocycles. The topological polar surface area (TPSA) is 113 Å². The van der Waals surface area contributed by atoms with E-state index in [9.17, 15) is 8.42 Å². The second-order valence-corrected chi connectivity index (χ2v) is 7.02. The van der Waals surface area contributed by atoms with Crippen LogP contribution in [0.15, 0.2) is 12.7 Å². The highest BCUT2D eigenvalue weighted by Gasteiger charge is 2.46. The normalized spacial score (nSPS) is 17.2. The Kier molecular flexibility index (Phi) is 3.33. The van der Waals surface area contributed by atoms with Gasteiger partial charge in [-0.25, -0.2) is 15.0 Å². The highest BCUT2D eigenvalue weighted by molar-refractivity contribution is 7.86. The van der Waals surface area contributed by atoms with Crippen LogP contribution in [0.3, 0.4) is 0 Å². The Morgan fingerprint density at radius 3 is 2.81 bits per heavy atom. The number of hydrogen-bond donors (Lipinski definition) is 1. The van der Waals surface area contributed by atoms with E-state index >= 15 is 0 Å². The maximum atomic E-state index is 11.2. The van der Waals surface area contributed by atoms with E-state index in [1.165, 1.54) is 6.33 Å². The van der Waals surface area contributed by atoms with Crippen molar-refractivity contribution in [2.24, 2.45) is 0 Å². The first-order valence-electron chi connectivity index (χ1n) is 6.71. The second-order valence-electron chi connectivity index (χ2n) is 5.44. The molecule has 1 aliphatic rings. The fraction of sp³-hybridized carbons (Fsp3) is 0.583. The van der Waals surface area contributed by atoms with Crippen molar-refractivity contribution in [1.29, 1.82) is 0 Å². The third-order valence-electron chi connectivity index (χ3n) is 3.60. The second kappa shape index (κ2) is 4.92. The van der Waals surface area contributed by atoms with Gasteiger partial charge in [0, 0.05) is 6.54 Å². The molecule has 0 radical (unpaired) electrons. The molecule has 0 bridgehead atoms. The maximum Gasteiger partial charge on any atom is 0.264 e. The number of anilines is 1. The summed E-state index contributed by atoms with van der Waals surface area (Å²) < 4.78 is 29.5. The SMILES string of the molecule is CS(=O)(=O)OC1(CCCn2cnc3c(N)ncnc32)CC1. The number of nitrogens with zero attached hydrogens (tertiary/aromatic N) is 4. The predicted octanol–water partition coefficient (Wildman–Crippen LogP) is 0.697. The Labute approximate surface area is 122 Å². The summed E-state index contributed by atoms with van der Waals surface area (Å²) in [6.45, 7) is 0.682. The van der Waals surface area contributed by atoms with Gasteiger partial charge in [-0.3, -0.25) is 4.18 Å². The van der Waals surface area contributed by atoms with Crippen molar-refractivity contribution < 1.29 is 12.6 Å². The van der Waals surface area contributed by atoms with Crippen LogP contribution in [-0.2, 0) is 20.8 Å². The van der Waals surface area contributed by atoms with Crippen molar-refractivity contribution in [2.75, 3.05) is 12.0 Å². The van der Waals surface area contributed by atoms with Crippen LogP contribution < -0.4 is 5.73 Å². The van der Waals surface area contributed by atoms with Crippen molar-refractivity contribution in [2.45, 2.75) is 37.8 Å². The van der Waals surface area contributed by atoms with Crippen LogP contribution in [0, 0.1) is 0 Å². The minimum atomic E-state index is -3.40. The van der Waals surface area contributed by atoms with Crippen LogP contribution in [0.5, 0.6) is 0 Å². The molecule has 1 aliphatic carbocycles. The molecule has 0 spiro atoms. The van der Waals surface area contributed by atoms with E-state index in [-0.39, 0.29) is 0 Å². The van der Waals surface area contributed by atoms with Crippen molar-refractivity contribution in [1.82, 2.24) is 19.5 Å². The van der Waals surface area contributed by atoms with Gasteiger partial charge in [-0.1, -0.05) is 0 Å². The first kappa shape index (κ1) is 14.2. The van der Waals surface area contributed by atoms with E-state index < -0.39 is 15.7 Å². The molecule has 1 fully saturated rings. The van der Waals surface area contributed by atoms with Gasteiger partial charge in [0.2, 0.25) is 0 Å². The molecular weight excluding hydrogens is 294 g/mol. The Balaban J connectivity index is 1.64. The fourth-order valence-electron chi connectivity index (χ4n) is 2.47. The van der Waals surface area contributed by atoms with Gasteiger partial charge in [0.1, 0.15) is 11.8 Å². The maximum absolute atomic E-state index is 11.2. The van der Waals surface area contributed by atoms with Gasteiger partial charge in [-0.2, -0.15) is 8.42 Å². The zero-order valence-corrected chi connectivity index (χ0v) is 12.5. The number of aryl methyl sites for hydroxylation is 1. The van der Waals surface area contributed by atoms with Crippen LogP contribution in [0.25, 0.3) is 11.2 Å². The van der Waals surface area contributed by atoms with Crippen molar-refractivity contribution in [3.8, 4) is 0 Å². The summed E-state index contributed by atoms with van der Waals surface area (Å²) in [4.78, 5) is 12.3. The van der Waals surface area contributed by atoms with Crippen molar-refractivity contribution in [3.63, 3.8) is 0 Å². The Bertz CT molecular complexity index is 766. The van der Waals surface area contributed by atoms with Gasteiger partial charge in [0.05, 0.1) is 18.2 Å². The number of fused-ring (bicyclic) bond motifs is 1. The molecule has 8 nitrogen and oxygen atoms in total. The molecule has 0 amide bonds. The van der Waals surface area contributed by atoms with E-state index in [4.69, 9.17) is 9.92 Å². The molecule has 21 heavy (non-hydrogen) atoms. The van der Waals surface area contributed by atoms with Gasteiger partial charge in [0.25, 0.3) is 10.1 Å². The van der Waals surface area contributed by atoms with E-state index in [0.717, 1.165) is 25.5 Å². The number of imidazole rings is 1. The lowest BCUT2D eigenvalue weighted by atomic mass is 10.2. The standard InChI is InChI=1S/C12H17N5O3S/c1-21(18,19)20-12(4-5-12)3-2-6-17-8-16-9-10(13)14-7-15-11(9)17/h7-8H,2-6H2,1H3,(H2,13,14,15). The molecule has 2 aromatic rings. The Morgan fingerprint density at radius 2 is 2.14 bits per heavy atom. The highest BCUT2D eigenvalue weighted by Crippen LogP contribution is 2.44. The summed E-state index contributed by atoms with van der Waals surface area (Å²) in [7, 11) is -3.40. The molecule has 0 atom stereocenters. The summed E-state index contributed by atoms with van der Waals surface area (Å²) >= 11 is 0. The summed E-state index contributed by atoms with van der Waals surface area (Å²) in [5.74, 6) is 0.359. The lowest BCUT2D eigenvalue weighted by Crippen LogP contribution is -2.19. The Morgan fingerprint density at radius 1 is 1.38 bits per heavy atom. The largest absolute Gasteiger partial charge is 0.382 e. The number of nitrogens with two attached hydrogens (primary N) is 1. The van der Waals surface area contributed by atoms with Crippen LogP contribution in [0.1, 0.15) is 25.7 Å². The molecule has 0 aromatic carbocycles. The smallest absolute Gasteiger partial charge is 0.264 e. The summed E-state index contributed by atoms with van der Waals surface area (Å²) in [5, 5.41) is 0. The zero-order valence-electron chi connectivity index (χ0n) is 11.7. The molecule has 3 rings (SSSR count). The zero-order chi connectivity index (χ0) is 15.1. The van der Waals surface area contributed by atoms with Crippen LogP contribution in [0.2, 0.25) is 0 Å². The van der Waals surface area contributed by atoms with Gasteiger partial charge in [0.15, 0.2) is 11.5 Å². The quantitative estimate of drug-likeness (QED) is 0.781. The lowest BCUT2D eigenvalue weighted by molar-refractivity contribution is 0.173. The van der Waals surface area contributed by atoms with E-state index in [1.807, 2.05) is 4.57 Å². The number of rotatable bonds is 6. The van der Waals surface area contributed by atoms with Crippen molar-refractivity contribution in [3.05, 3.63) is 12.7 Å². The molecule has 0 saturated heterocycles. The molecule has 0 unspecified atom stereocenters. The summed E-state index contributed by atoms with van der Waals surface area (Å²) in [5.41, 5.74) is 6.53. The van der Waals surface area contributed by atoms with Gasteiger partial charge in [-0.05, 0) is 25.7 Å². The Hall–Kier alpha value is -1.74. The molecule has 0 aliphatic heterocycles. The van der Waals surface area contributed by atoms with Crippen LogP contribution in [-0.4, -0.2) is 39.8 Å². The van der Waals surface area contributed by atoms with Crippen molar-refractivity contribution >= 4 is 27.1 Å². The average Bonchev–Trinajstić information content (AvgIpc) is 2.98. The van der Waals surface area contributed by atoms with E-state index in [2.05, 4.69) is 15.0 Å². The van der Waals surface area contributed by atoms with E-state index in [1.54, 1.807) is 6.33 Å². The fourth-order valence-corrected chi connectivity index (χ4v) is 3.36. The molecule has 114 valence electrons. The summed E-state index contributed by atoms with van der Waals surface area (Å²) in [6.07, 6.45) is 7.23. The monoisotopic (exact) mass is 311 g/mol.